The van der Waals surface area contributed by atoms with Crippen molar-refractivity contribution in [3.05, 3.63) is 0 Å². The molecule has 0 rings (SSSR count). The van der Waals surface area contributed by atoms with Crippen molar-refractivity contribution >= 4 is 6.21 Å². The van der Waals surface area contributed by atoms with E-state index in [0.717, 1.165) is 0 Å². The number of nitrogens with one attached hydrogen (secondary N) is 1. The molecule has 0 heterocycles. The van der Waals surface area contributed by atoms with Gasteiger partial charge in [0.1, 0.15) is 0 Å². The zero-order valence-corrected chi connectivity index (χ0v) is 10.9. The standard InChI is InChI=1S/C8H17N.C2H6O.Ti/c1-4-5-7(2)8(3)6-9;1-2-3;/h6-9H,4-5H2,1-3H3;3H,2H2,1H3;/t7-,8+;;/m1../s1. The maximum atomic E-state index is 7.57. The Balaban J connectivity index is -0.000000220. The van der Waals surface area contributed by atoms with E-state index in [2.05, 4.69) is 20.8 Å². The second-order valence-corrected chi connectivity index (χ2v) is 3.11. The summed E-state index contributed by atoms with van der Waals surface area (Å²) in [5.74, 6) is 1.15. The quantitative estimate of drug-likeness (QED) is 0.556. The van der Waals surface area contributed by atoms with Crippen LogP contribution in [0.4, 0.5) is 0 Å². The van der Waals surface area contributed by atoms with E-state index in [1.165, 1.54) is 12.8 Å². The molecule has 0 spiro atoms. The van der Waals surface area contributed by atoms with Gasteiger partial charge in [-0.15, -0.1) is 0 Å². The minimum absolute atomic E-state index is 0. The van der Waals surface area contributed by atoms with Crippen molar-refractivity contribution in [2.75, 3.05) is 6.61 Å². The fraction of sp³-hybridized carbons (Fsp3) is 0.900. The molecule has 2 nitrogen and oxygen atoms in total. The molecular formula is C10H23NOTi. The van der Waals surface area contributed by atoms with E-state index < -0.39 is 0 Å². The van der Waals surface area contributed by atoms with Crippen LogP contribution in [0.25, 0.3) is 0 Å². The summed E-state index contributed by atoms with van der Waals surface area (Å²) in [6.07, 6.45) is 4.02. The molecule has 0 aromatic carbocycles. The summed E-state index contributed by atoms with van der Waals surface area (Å²) in [5, 5.41) is 14.6. The van der Waals surface area contributed by atoms with Crippen LogP contribution in [0.1, 0.15) is 40.5 Å². The minimum Gasteiger partial charge on any atom is -0.397 e. The van der Waals surface area contributed by atoms with Crippen LogP contribution >= 0.6 is 0 Å². The van der Waals surface area contributed by atoms with Crippen molar-refractivity contribution in [2.24, 2.45) is 11.8 Å². The van der Waals surface area contributed by atoms with Crippen molar-refractivity contribution in [3.63, 3.8) is 0 Å². The van der Waals surface area contributed by atoms with Crippen LogP contribution < -0.4 is 0 Å². The van der Waals surface area contributed by atoms with Gasteiger partial charge in [0.05, 0.1) is 0 Å². The number of aliphatic hydroxyl groups excluding tert-OH is 1. The summed E-state index contributed by atoms with van der Waals surface area (Å²) in [7, 11) is 0. The van der Waals surface area contributed by atoms with E-state index >= 15 is 0 Å². The molecule has 2 atom stereocenters. The van der Waals surface area contributed by atoms with Gasteiger partial charge in [-0.2, -0.15) is 0 Å². The van der Waals surface area contributed by atoms with Crippen molar-refractivity contribution in [1.82, 2.24) is 0 Å². The van der Waals surface area contributed by atoms with E-state index in [4.69, 9.17) is 10.5 Å². The predicted octanol–water partition coefficient (Wildman–Crippen LogP) is 2.70. The van der Waals surface area contributed by atoms with Gasteiger partial charge >= 0.3 is 0 Å². The summed E-state index contributed by atoms with van der Waals surface area (Å²) in [6, 6.07) is 0. The molecule has 0 bridgehead atoms. The molecular weight excluding hydrogens is 198 g/mol. The molecule has 0 aromatic heterocycles. The number of aliphatic hydroxyl groups is 1. The van der Waals surface area contributed by atoms with Crippen LogP contribution in [-0.2, 0) is 21.7 Å². The summed E-state index contributed by atoms with van der Waals surface area (Å²) >= 11 is 0. The third-order valence-electron chi connectivity index (χ3n) is 1.90. The molecule has 3 heteroatoms. The van der Waals surface area contributed by atoms with Gasteiger partial charge < -0.3 is 10.5 Å². The van der Waals surface area contributed by atoms with Gasteiger partial charge in [0, 0.05) is 28.3 Å². The maximum absolute atomic E-state index is 7.57. The van der Waals surface area contributed by atoms with Crippen molar-refractivity contribution in [2.45, 2.75) is 40.5 Å². The van der Waals surface area contributed by atoms with Gasteiger partial charge in [0.25, 0.3) is 0 Å². The Hall–Kier alpha value is 0.344. The molecule has 0 unspecified atom stereocenters. The van der Waals surface area contributed by atoms with Gasteiger partial charge in [-0.3, -0.25) is 0 Å². The molecule has 78 valence electrons. The largest absolute Gasteiger partial charge is 0.397 e. The molecule has 0 saturated heterocycles. The summed E-state index contributed by atoms with van der Waals surface area (Å²) in [6.45, 7) is 8.43. The Morgan fingerprint density at radius 1 is 1.31 bits per heavy atom. The van der Waals surface area contributed by atoms with Crippen LogP contribution in [0.2, 0.25) is 0 Å². The molecule has 0 aliphatic heterocycles. The van der Waals surface area contributed by atoms with Crippen molar-refractivity contribution in [1.29, 1.82) is 5.41 Å². The maximum Gasteiger partial charge on any atom is 0.0402 e. The number of hydrogen-bond acceptors (Lipinski definition) is 2. The summed E-state index contributed by atoms with van der Waals surface area (Å²) in [4.78, 5) is 0. The molecule has 13 heavy (non-hydrogen) atoms. The predicted molar refractivity (Wildman–Crippen MR) is 54.8 cm³/mol. The Morgan fingerprint density at radius 2 is 1.69 bits per heavy atom. The third kappa shape index (κ3) is 15.1. The van der Waals surface area contributed by atoms with E-state index in [9.17, 15) is 0 Å². The Labute approximate surface area is 97.5 Å². The topological polar surface area (TPSA) is 44.1 Å². The smallest absolute Gasteiger partial charge is 0.0402 e. The molecule has 0 aliphatic rings. The van der Waals surface area contributed by atoms with E-state index in [1.807, 2.05) is 0 Å². The summed E-state index contributed by atoms with van der Waals surface area (Å²) in [5.41, 5.74) is 0. The zero-order chi connectivity index (χ0) is 9.98. The van der Waals surface area contributed by atoms with E-state index in [1.54, 1.807) is 13.1 Å². The number of rotatable bonds is 4. The number of hydrogen-bond donors (Lipinski definition) is 2. The normalized spacial score (nSPS) is 13.0. The first-order valence-electron chi connectivity index (χ1n) is 4.75. The molecule has 0 aromatic rings. The van der Waals surface area contributed by atoms with Crippen molar-refractivity contribution < 1.29 is 26.8 Å². The monoisotopic (exact) mass is 221 g/mol. The third-order valence-corrected chi connectivity index (χ3v) is 1.90. The zero-order valence-electron chi connectivity index (χ0n) is 9.30. The van der Waals surface area contributed by atoms with Crippen LogP contribution in [-0.4, -0.2) is 17.9 Å². The molecule has 0 amide bonds. The SMILES string of the molecule is CCC[C@@H](C)[C@@H](C)C=N.CCO.[Ti]. The van der Waals surface area contributed by atoms with Crippen molar-refractivity contribution in [3.8, 4) is 0 Å². The summed E-state index contributed by atoms with van der Waals surface area (Å²) < 4.78 is 0. The molecule has 0 fully saturated rings. The van der Waals surface area contributed by atoms with E-state index in [-0.39, 0.29) is 28.3 Å². The Morgan fingerprint density at radius 3 is 1.92 bits per heavy atom. The molecule has 0 radical (unpaired) electrons. The average Bonchev–Trinajstić information content (AvgIpc) is 2.05. The second kappa shape index (κ2) is 14.8. The second-order valence-electron chi connectivity index (χ2n) is 3.11. The van der Waals surface area contributed by atoms with Gasteiger partial charge in [0.15, 0.2) is 0 Å². The van der Waals surface area contributed by atoms with Crippen LogP contribution in [0.3, 0.4) is 0 Å². The van der Waals surface area contributed by atoms with E-state index in [0.29, 0.717) is 11.8 Å². The Bertz CT molecular complexity index is 98.9. The fourth-order valence-corrected chi connectivity index (χ4v) is 0.882. The average molecular weight is 221 g/mol. The fourth-order valence-electron chi connectivity index (χ4n) is 0.882. The van der Waals surface area contributed by atoms with Gasteiger partial charge in [-0.1, -0.05) is 33.6 Å². The first-order valence-corrected chi connectivity index (χ1v) is 4.75. The Kier molecular flexibility index (Phi) is 21.7. The first-order chi connectivity index (χ1) is 5.63. The van der Waals surface area contributed by atoms with Crippen LogP contribution in [0.15, 0.2) is 0 Å². The van der Waals surface area contributed by atoms with Crippen LogP contribution in [0.5, 0.6) is 0 Å². The molecule has 2 N–H and O–H groups in total. The minimum atomic E-state index is 0. The van der Waals surface area contributed by atoms with Gasteiger partial charge in [-0.05, 0) is 25.0 Å². The molecule has 0 aliphatic carbocycles. The van der Waals surface area contributed by atoms with Crippen LogP contribution in [0, 0.1) is 17.2 Å². The van der Waals surface area contributed by atoms with Gasteiger partial charge in [-0.25, -0.2) is 0 Å². The van der Waals surface area contributed by atoms with Gasteiger partial charge in [0.2, 0.25) is 0 Å². The first kappa shape index (κ1) is 19.0. The molecule has 0 saturated carbocycles.